The molecule has 0 atom stereocenters. The van der Waals surface area contributed by atoms with E-state index in [1.165, 1.54) is 51.4 Å². The fourth-order valence-electron chi connectivity index (χ4n) is 2.46. The number of hydrogen-bond donors (Lipinski definition) is 0. The minimum absolute atomic E-state index is 0.342. The molecule has 0 aromatic heterocycles. The quantitative estimate of drug-likeness (QED) is 0.383. The zero-order chi connectivity index (χ0) is 14.8. The summed E-state index contributed by atoms with van der Waals surface area (Å²) in [7, 11) is 0. The SMILES string of the molecule is CCCCCC(C)(C)COCC(C)(C)CCCCC. The van der Waals surface area contributed by atoms with E-state index in [0.717, 1.165) is 13.2 Å². The second-order valence-corrected chi connectivity index (χ2v) is 7.74. The van der Waals surface area contributed by atoms with Crippen LogP contribution in [0.15, 0.2) is 0 Å². The van der Waals surface area contributed by atoms with E-state index in [9.17, 15) is 0 Å². The Hall–Kier alpha value is -0.0400. The molecule has 0 aromatic rings. The Kier molecular flexibility index (Phi) is 9.78. The van der Waals surface area contributed by atoms with E-state index in [4.69, 9.17) is 4.74 Å². The Morgan fingerprint density at radius 3 is 1.32 bits per heavy atom. The molecule has 0 aliphatic rings. The summed E-state index contributed by atoms with van der Waals surface area (Å²) in [5.41, 5.74) is 0.684. The summed E-state index contributed by atoms with van der Waals surface area (Å²) in [6, 6.07) is 0. The highest BCUT2D eigenvalue weighted by Crippen LogP contribution is 2.28. The van der Waals surface area contributed by atoms with Gasteiger partial charge in [0.2, 0.25) is 0 Å². The summed E-state index contributed by atoms with van der Waals surface area (Å²) in [6.45, 7) is 15.7. The first-order valence-corrected chi connectivity index (χ1v) is 8.41. The number of unbranched alkanes of at least 4 members (excludes halogenated alkanes) is 4. The first-order valence-electron chi connectivity index (χ1n) is 8.41. The number of ether oxygens (including phenoxy) is 1. The first-order chi connectivity index (χ1) is 8.83. The largest absolute Gasteiger partial charge is 0.380 e. The maximum atomic E-state index is 6.02. The molecular formula is C18H38O. The highest BCUT2D eigenvalue weighted by atomic mass is 16.5. The molecule has 0 rings (SSSR count). The molecule has 0 saturated carbocycles. The second kappa shape index (κ2) is 9.80. The van der Waals surface area contributed by atoms with Crippen LogP contribution in [0.1, 0.15) is 92.9 Å². The normalized spacial score (nSPS) is 12.9. The van der Waals surface area contributed by atoms with Gasteiger partial charge in [-0.1, -0.05) is 80.1 Å². The van der Waals surface area contributed by atoms with Gasteiger partial charge in [0.05, 0.1) is 13.2 Å². The molecule has 0 spiro atoms. The molecule has 0 N–H and O–H groups in total. The average Bonchev–Trinajstić information content (AvgIpc) is 2.28. The Balaban J connectivity index is 3.79. The summed E-state index contributed by atoms with van der Waals surface area (Å²) in [5, 5.41) is 0. The van der Waals surface area contributed by atoms with Gasteiger partial charge in [-0.2, -0.15) is 0 Å². The van der Waals surface area contributed by atoms with E-state index in [1.54, 1.807) is 0 Å². The van der Waals surface area contributed by atoms with Crippen molar-refractivity contribution in [1.82, 2.24) is 0 Å². The topological polar surface area (TPSA) is 9.23 Å². The standard InChI is InChI=1S/C18H38O/c1-7-9-11-13-17(3,4)15-19-16-18(5,6)14-12-10-8-2/h7-16H2,1-6H3. The predicted octanol–water partition coefficient (Wildman–Crippen LogP) is 6.22. The predicted molar refractivity (Wildman–Crippen MR) is 86.7 cm³/mol. The molecule has 0 unspecified atom stereocenters. The Morgan fingerprint density at radius 2 is 1.00 bits per heavy atom. The van der Waals surface area contributed by atoms with E-state index in [2.05, 4.69) is 41.5 Å². The molecular weight excluding hydrogens is 232 g/mol. The van der Waals surface area contributed by atoms with Crippen molar-refractivity contribution in [2.24, 2.45) is 10.8 Å². The minimum atomic E-state index is 0.342. The molecule has 0 fully saturated rings. The van der Waals surface area contributed by atoms with Crippen molar-refractivity contribution in [3.63, 3.8) is 0 Å². The van der Waals surface area contributed by atoms with Crippen LogP contribution in [0.4, 0.5) is 0 Å². The van der Waals surface area contributed by atoms with E-state index in [0.29, 0.717) is 10.8 Å². The molecule has 0 radical (unpaired) electrons. The second-order valence-electron chi connectivity index (χ2n) is 7.74. The van der Waals surface area contributed by atoms with Gasteiger partial charge in [0.1, 0.15) is 0 Å². The fourth-order valence-corrected chi connectivity index (χ4v) is 2.46. The van der Waals surface area contributed by atoms with Crippen molar-refractivity contribution in [1.29, 1.82) is 0 Å². The highest BCUT2D eigenvalue weighted by Gasteiger charge is 2.21. The Morgan fingerprint density at radius 1 is 0.632 bits per heavy atom. The average molecular weight is 271 g/mol. The van der Waals surface area contributed by atoms with Crippen molar-refractivity contribution in [2.45, 2.75) is 92.9 Å². The van der Waals surface area contributed by atoms with Gasteiger partial charge in [0, 0.05) is 0 Å². The fraction of sp³-hybridized carbons (Fsp3) is 1.00. The van der Waals surface area contributed by atoms with Gasteiger partial charge in [0.25, 0.3) is 0 Å². The van der Waals surface area contributed by atoms with Crippen LogP contribution in [0.25, 0.3) is 0 Å². The summed E-state index contributed by atoms with van der Waals surface area (Å²) in [6.07, 6.45) is 10.6. The van der Waals surface area contributed by atoms with Crippen LogP contribution in [-0.2, 0) is 4.74 Å². The van der Waals surface area contributed by atoms with Crippen molar-refractivity contribution in [3.05, 3.63) is 0 Å². The van der Waals surface area contributed by atoms with Crippen LogP contribution in [0.5, 0.6) is 0 Å². The van der Waals surface area contributed by atoms with Crippen molar-refractivity contribution in [3.8, 4) is 0 Å². The van der Waals surface area contributed by atoms with Crippen molar-refractivity contribution >= 4 is 0 Å². The molecule has 1 nitrogen and oxygen atoms in total. The number of hydrogen-bond acceptors (Lipinski definition) is 1. The maximum Gasteiger partial charge on any atom is 0.0517 e. The lowest BCUT2D eigenvalue weighted by molar-refractivity contribution is 0.00817. The third kappa shape index (κ3) is 11.5. The number of rotatable bonds is 12. The zero-order valence-corrected chi connectivity index (χ0v) is 14.5. The summed E-state index contributed by atoms with van der Waals surface area (Å²) in [5.74, 6) is 0. The third-order valence-corrected chi connectivity index (χ3v) is 3.90. The molecule has 0 aromatic carbocycles. The van der Waals surface area contributed by atoms with Crippen LogP contribution >= 0.6 is 0 Å². The minimum Gasteiger partial charge on any atom is -0.380 e. The summed E-state index contributed by atoms with van der Waals surface area (Å²) in [4.78, 5) is 0. The summed E-state index contributed by atoms with van der Waals surface area (Å²) < 4.78 is 6.02. The van der Waals surface area contributed by atoms with E-state index >= 15 is 0 Å². The maximum absolute atomic E-state index is 6.02. The monoisotopic (exact) mass is 270 g/mol. The molecule has 1 heteroatoms. The zero-order valence-electron chi connectivity index (χ0n) is 14.5. The molecule has 0 amide bonds. The smallest absolute Gasteiger partial charge is 0.0517 e. The van der Waals surface area contributed by atoms with E-state index in [1.807, 2.05) is 0 Å². The van der Waals surface area contributed by atoms with Crippen LogP contribution in [0, 0.1) is 10.8 Å². The van der Waals surface area contributed by atoms with Crippen molar-refractivity contribution in [2.75, 3.05) is 13.2 Å². The Labute approximate surface area is 122 Å². The van der Waals surface area contributed by atoms with Gasteiger partial charge in [-0.25, -0.2) is 0 Å². The molecule has 0 aliphatic heterocycles. The lowest BCUT2D eigenvalue weighted by Gasteiger charge is -2.29. The van der Waals surface area contributed by atoms with Gasteiger partial charge in [-0.15, -0.1) is 0 Å². The highest BCUT2D eigenvalue weighted by molar-refractivity contribution is 4.71. The molecule has 0 saturated heterocycles. The molecule has 0 heterocycles. The third-order valence-electron chi connectivity index (χ3n) is 3.90. The van der Waals surface area contributed by atoms with E-state index in [-0.39, 0.29) is 0 Å². The molecule has 0 bridgehead atoms. The lowest BCUT2D eigenvalue weighted by Crippen LogP contribution is -2.25. The summed E-state index contributed by atoms with van der Waals surface area (Å²) >= 11 is 0. The first kappa shape index (κ1) is 19.0. The van der Waals surface area contributed by atoms with Crippen LogP contribution in [-0.4, -0.2) is 13.2 Å². The lowest BCUT2D eigenvalue weighted by atomic mass is 9.86. The molecule has 19 heavy (non-hydrogen) atoms. The Bertz CT molecular complexity index is 184. The van der Waals surface area contributed by atoms with Gasteiger partial charge in [-0.3, -0.25) is 0 Å². The van der Waals surface area contributed by atoms with Crippen LogP contribution in [0.3, 0.4) is 0 Å². The van der Waals surface area contributed by atoms with Crippen molar-refractivity contribution < 1.29 is 4.74 Å². The van der Waals surface area contributed by atoms with Gasteiger partial charge < -0.3 is 4.74 Å². The van der Waals surface area contributed by atoms with Crippen LogP contribution < -0.4 is 0 Å². The van der Waals surface area contributed by atoms with Gasteiger partial charge in [0.15, 0.2) is 0 Å². The van der Waals surface area contributed by atoms with Crippen LogP contribution in [0.2, 0.25) is 0 Å². The van der Waals surface area contributed by atoms with Gasteiger partial charge >= 0.3 is 0 Å². The molecule has 0 aliphatic carbocycles. The van der Waals surface area contributed by atoms with E-state index < -0.39 is 0 Å². The molecule has 116 valence electrons. The van der Waals surface area contributed by atoms with Gasteiger partial charge in [-0.05, 0) is 23.7 Å².